The Balaban J connectivity index is 4.91. The monoisotopic (exact) mass is 176 g/mol. The van der Waals surface area contributed by atoms with Crippen LogP contribution in [-0.4, -0.2) is 19.4 Å². The van der Waals surface area contributed by atoms with Crippen LogP contribution in [-0.2, 0) is 15.9 Å². The molecular weight excluding hydrogens is 166 g/mol. The Morgan fingerprint density at radius 3 is 2.36 bits per heavy atom. The van der Waals surface area contributed by atoms with Crippen LogP contribution in [0, 0.1) is 0 Å². The van der Waals surface area contributed by atoms with Gasteiger partial charge in [-0.15, -0.1) is 6.58 Å². The number of hydrogen-bond acceptors (Lipinski definition) is 3. The molecule has 2 atom stereocenters. The van der Waals surface area contributed by atoms with Crippen molar-refractivity contribution < 1.29 is 13.6 Å². The summed E-state index contributed by atoms with van der Waals surface area (Å²) >= 11 is -2.53. The maximum absolute atomic E-state index is 10.7. The lowest BCUT2D eigenvalue weighted by atomic mass is 10.1. The molecule has 4 nitrogen and oxygen atoms in total. The highest BCUT2D eigenvalue weighted by molar-refractivity contribution is 7.81. The van der Waals surface area contributed by atoms with Crippen molar-refractivity contribution in [2.24, 2.45) is 5.73 Å². The fraction of sp³-hybridized carbons (Fsp3) is 0.500. The van der Waals surface area contributed by atoms with Crippen LogP contribution in [0.1, 0.15) is 13.3 Å². The molecule has 1 amide bonds. The lowest BCUT2D eigenvalue weighted by molar-refractivity contribution is -0.119. The van der Waals surface area contributed by atoms with Crippen molar-refractivity contribution in [3.05, 3.63) is 12.7 Å². The summed E-state index contributed by atoms with van der Waals surface area (Å²) in [5.74, 6) is -0.886. The van der Waals surface area contributed by atoms with Gasteiger partial charge in [0.2, 0.25) is 5.91 Å². The van der Waals surface area contributed by atoms with Crippen LogP contribution in [0.4, 0.5) is 0 Å². The minimum absolute atomic E-state index is 0.113. The molecular formula is C6H10NO3S-. The highest BCUT2D eigenvalue weighted by Crippen LogP contribution is 2.17. The van der Waals surface area contributed by atoms with E-state index in [0.717, 1.165) is 6.08 Å². The van der Waals surface area contributed by atoms with Gasteiger partial charge in [-0.1, -0.05) is 13.0 Å². The van der Waals surface area contributed by atoms with E-state index in [-0.39, 0.29) is 6.42 Å². The van der Waals surface area contributed by atoms with E-state index in [1.165, 1.54) is 0 Å². The first-order valence-corrected chi connectivity index (χ1v) is 4.11. The predicted octanol–water partition coefficient (Wildman–Crippen LogP) is -0.314. The van der Waals surface area contributed by atoms with Crippen LogP contribution in [0.2, 0.25) is 0 Å². The van der Waals surface area contributed by atoms with Gasteiger partial charge in [0.15, 0.2) is 0 Å². The zero-order valence-corrected chi connectivity index (χ0v) is 7.02. The second kappa shape index (κ2) is 3.64. The second-order valence-corrected chi connectivity index (χ2v) is 3.24. The van der Waals surface area contributed by atoms with E-state index in [1.807, 2.05) is 0 Å². The molecule has 0 aromatic carbocycles. The van der Waals surface area contributed by atoms with Crippen molar-refractivity contribution in [3.8, 4) is 0 Å². The molecule has 0 saturated carbocycles. The standard InChI is InChI=1S/C6H11NO3S/c1-3-6(4-2,5(7)8)11(9)10/h3H,1,4H2,2H3,(H2,7,8)(H,9,10)/p-1. The third-order valence-electron chi connectivity index (χ3n) is 1.57. The molecule has 0 heterocycles. The number of carbonyl (C=O) groups excluding carboxylic acids is 1. The molecule has 0 radical (unpaired) electrons. The van der Waals surface area contributed by atoms with Crippen LogP contribution in [0.15, 0.2) is 12.7 Å². The number of amides is 1. The minimum atomic E-state index is -2.53. The molecule has 0 spiro atoms. The van der Waals surface area contributed by atoms with E-state index < -0.39 is 21.7 Å². The molecule has 0 aromatic rings. The highest BCUT2D eigenvalue weighted by atomic mass is 32.2. The maximum atomic E-state index is 10.7. The van der Waals surface area contributed by atoms with Gasteiger partial charge < -0.3 is 10.3 Å². The molecule has 0 rings (SSSR count). The Labute approximate surface area is 67.8 Å². The lowest BCUT2D eigenvalue weighted by Gasteiger charge is -2.27. The van der Waals surface area contributed by atoms with Gasteiger partial charge in [-0.3, -0.25) is 9.00 Å². The maximum Gasteiger partial charge on any atom is 0.238 e. The molecule has 2 N–H and O–H groups in total. The normalized spacial score (nSPS) is 18.4. The van der Waals surface area contributed by atoms with E-state index in [4.69, 9.17) is 5.73 Å². The Morgan fingerprint density at radius 2 is 2.36 bits per heavy atom. The van der Waals surface area contributed by atoms with Crippen LogP contribution in [0.25, 0.3) is 0 Å². The molecule has 0 aromatic heterocycles. The summed E-state index contributed by atoms with van der Waals surface area (Å²) in [4.78, 5) is 10.7. The SMILES string of the molecule is C=CC(CC)(C(N)=O)S(=O)[O-]. The quantitative estimate of drug-likeness (QED) is 0.471. The van der Waals surface area contributed by atoms with E-state index in [1.54, 1.807) is 6.92 Å². The molecule has 5 heteroatoms. The van der Waals surface area contributed by atoms with Gasteiger partial charge in [0.1, 0.15) is 4.75 Å². The van der Waals surface area contributed by atoms with Gasteiger partial charge in [-0.25, -0.2) is 0 Å². The summed E-state index contributed by atoms with van der Waals surface area (Å²) in [6, 6.07) is 0. The summed E-state index contributed by atoms with van der Waals surface area (Å²) in [6.45, 7) is 4.81. The molecule has 0 aliphatic heterocycles. The first-order valence-electron chi connectivity index (χ1n) is 3.04. The topological polar surface area (TPSA) is 83.2 Å². The molecule has 0 fully saturated rings. The first-order chi connectivity index (χ1) is 5.01. The van der Waals surface area contributed by atoms with Crippen LogP contribution < -0.4 is 5.73 Å². The zero-order valence-electron chi connectivity index (χ0n) is 6.20. The highest BCUT2D eigenvalue weighted by Gasteiger charge is 2.32. The fourth-order valence-corrected chi connectivity index (χ4v) is 1.22. The molecule has 11 heavy (non-hydrogen) atoms. The van der Waals surface area contributed by atoms with Crippen molar-refractivity contribution >= 4 is 17.0 Å². The molecule has 0 saturated heterocycles. The smallest absolute Gasteiger partial charge is 0.238 e. The van der Waals surface area contributed by atoms with Crippen LogP contribution in [0.3, 0.4) is 0 Å². The molecule has 0 aliphatic carbocycles. The van der Waals surface area contributed by atoms with Gasteiger partial charge in [0, 0.05) is 0 Å². The van der Waals surface area contributed by atoms with Gasteiger partial charge in [-0.2, -0.15) is 0 Å². The summed E-state index contributed by atoms with van der Waals surface area (Å²) in [7, 11) is 0. The van der Waals surface area contributed by atoms with Crippen molar-refractivity contribution in [2.75, 3.05) is 0 Å². The third-order valence-corrected chi connectivity index (χ3v) is 2.82. The molecule has 0 aliphatic rings. The molecule has 64 valence electrons. The van der Waals surface area contributed by atoms with Gasteiger partial charge in [0.25, 0.3) is 0 Å². The second-order valence-electron chi connectivity index (χ2n) is 2.05. The van der Waals surface area contributed by atoms with Gasteiger partial charge in [0.05, 0.1) is 0 Å². The summed E-state index contributed by atoms with van der Waals surface area (Å²) in [5, 5.41) is 0. The number of primary amides is 1. The Hall–Kier alpha value is -0.680. The van der Waals surface area contributed by atoms with Gasteiger partial charge >= 0.3 is 0 Å². The van der Waals surface area contributed by atoms with Crippen LogP contribution in [0.5, 0.6) is 0 Å². The summed E-state index contributed by atoms with van der Waals surface area (Å²) in [5.41, 5.74) is 4.89. The number of hydrogen-bond donors (Lipinski definition) is 1. The van der Waals surface area contributed by atoms with E-state index >= 15 is 0 Å². The number of carbonyl (C=O) groups is 1. The Kier molecular flexibility index (Phi) is 3.41. The Morgan fingerprint density at radius 1 is 1.91 bits per heavy atom. The predicted molar refractivity (Wildman–Crippen MR) is 41.3 cm³/mol. The zero-order chi connectivity index (χ0) is 9.07. The van der Waals surface area contributed by atoms with E-state index in [0.29, 0.717) is 0 Å². The average molecular weight is 176 g/mol. The van der Waals surface area contributed by atoms with E-state index in [9.17, 15) is 13.6 Å². The molecule has 2 unspecified atom stereocenters. The summed E-state index contributed by atoms with van der Waals surface area (Å²) < 4.78 is 19.5. The van der Waals surface area contributed by atoms with Crippen molar-refractivity contribution in [2.45, 2.75) is 18.1 Å². The first kappa shape index (κ1) is 10.3. The summed E-state index contributed by atoms with van der Waals surface area (Å²) in [6.07, 6.45) is 1.17. The average Bonchev–Trinajstić information content (AvgIpc) is 1.90. The fourth-order valence-electron chi connectivity index (χ4n) is 0.687. The largest absolute Gasteiger partial charge is 0.771 e. The number of nitrogens with two attached hydrogens (primary N) is 1. The number of rotatable bonds is 4. The van der Waals surface area contributed by atoms with Crippen LogP contribution >= 0.6 is 0 Å². The van der Waals surface area contributed by atoms with Crippen molar-refractivity contribution in [1.29, 1.82) is 0 Å². The van der Waals surface area contributed by atoms with Crippen molar-refractivity contribution in [1.82, 2.24) is 0 Å². The van der Waals surface area contributed by atoms with Crippen molar-refractivity contribution in [3.63, 3.8) is 0 Å². The lowest BCUT2D eigenvalue weighted by Crippen LogP contribution is -2.45. The molecule has 0 bridgehead atoms. The minimum Gasteiger partial charge on any atom is -0.771 e. The Bertz CT molecular complexity index is 188. The third kappa shape index (κ3) is 1.66. The van der Waals surface area contributed by atoms with Gasteiger partial charge in [-0.05, 0) is 17.5 Å². The van der Waals surface area contributed by atoms with E-state index in [2.05, 4.69) is 6.58 Å².